The van der Waals surface area contributed by atoms with Crippen molar-refractivity contribution < 1.29 is 18.3 Å². The highest BCUT2D eigenvalue weighted by atomic mass is 35.5. The highest BCUT2D eigenvalue weighted by molar-refractivity contribution is 6.30. The number of ether oxygens (including phenoxy) is 1. The third-order valence-electron chi connectivity index (χ3n) is 6.28. The number of halogens is 3. The SMILES string of the molecule is CN1CCN(c2nc3c(c(Oc4ccc(F)c(F)c4)n2)CN(C(=O)c2ccc(Cl)cc2)CC3)CC1. The van der Waals surface area contributed by atoms with Crippen molar-refractivity contribution >= 4 is 23.5 Å². The molecule has 0 atom stereocenters. The van der Waals surface area contributed by atoms with E-state index in [9.17, 15) is 13.6 Å². The highest BCUT2D eigenvalue weighted by Crippen LogP contribution is 2.32. The van der Waals surface area contributed by atoms with Gasteiger partial charge in [-0.25, -0.2) is 13.8 Å². The molecular weight excluding hydrogens is 476 g/mol. The molecule has 3 heterocycles. The molecule has 1 amide bonds. The normalized spacial score (nSPS) is 16.2. The van der Waals surface area contributed by atoms with Crippen LogP contribution in [0.25, 0.3) is 0 Å². The van der Waals surface area contributed by atoms with E-state index in [-0.39, 0.29) is 24.1 Å². The van der Waals surface area contributed by atoms with Crippen LogP contribution in [-0.4, -0.2) is 65.4 Å². The molecule has 3 aromatic rings. The summed E-state index contributed by atoms with van der Waals surface area (Å²) in [4.78, 5) is 28.6. The van der Waals surface area contributed by atoms with E-state index in [1.54, 1.807) is 29.2 Å². The van der Waals surface area contributed by atoms with Crippen molar-refractivity contribution in [1.82, 2.24) is 19.8 Å². The number of hydrogen-bond donors (Lipinski definition) is 0. The summed E-state index contributed by atoms with van der Waals surface area (Å²) >= 11 is 5.96. The number of aromatic nitrogens is 2. The lowest BCUT2D eigenvalue weighted by molar-refractivity contribution is 0.0732. The quantitative estimate of drug-likeness (QED) is 0.537. The van der Waals surface area contributed by atoms with Gasteiger partial charge in [0.2, 0.25) is 11.8 Å². The number of benzene rings is 2. The molecule has 182 valence electrons. The molecule has 0 unspecified atom stereocenters. The Hall–Kier alpha value is -3.30. The Balaban J connectivity index is 1.48. The molecule has 0 saturated carbocycles. The van der Waals surface area contributed by atoms with Crippen molar-refractivity contribution in [3.63, 3.8) is 0 Å². The van der Waals surface area contributed by atoms with E-state index in [1.807, 2.05) is 0 Å². The maximum Gasteiger partial charge on any atom is 0.254 e. The first-order chi connectivity index (χ1) is 16.9. The lowest BCUT2D eigenvalue weighted by Crippen LogP contribution is -2.45. The Morgan fingerprint density at radius 1 is 0.971 bits per heavy atom. The van der Waals surface area contributed by atoms with E-state index in [4.69, 9.17) is 21.3 Å². The largest absolute Gasteiger partial charge is 0.438 e. The van der Waals surface area contributed by atoms with Gasteiger partial charge in [0.25, 0.3) is 5.91 Å². The third kappa shape index (κ3) is 5.06. The van der Waals surface area contributed by atoms with E-state index in [1.165, 1.54) is 6.07 Å². The molecule has 5 rings (SSSR count). The van der Waals surface area contributed by atoms with Crippen LogP contribution in [0.4, 0.5) is 14.7 Å². The summed E-state index contributed by atoms with van der Waals surface area (Å²) in [5, 5.41) is 0.553. The number of nitrogens with zero attached hydrogens (tertiary/aromatic N) is 5. The lowest BCUT2D eigenvalue weighted by Gasteiger charge is -2.34. The molecule has 2 aliphatic heterocycles. The number of fused-ring (bicyclic) bond motifs is 1. The number of hydrogen-bond acceptors (Lipinski definition) is 6. The Morgan fingerprint density at radius 2 is 1.71 bits per heavy atom. The smallest absolute Gasteiger partial charge is 0.254 e. The summed E-state index contributed by atoms with van der Waals surface area (Å²) in [6.45, 7) is 4.01. The van der Waals surface area contributed by atoms with Crippen LogP contribution in [0.1, 0.15) is 21.6 Å². The summed E-state index contributed by atoms with van der Waals surface area (Å²) in [6, 6.07) is 10.1. The molecule has 0 bridgehead atoms. The molecule has 0 aliphatic carbocycles. The van der Waals surface area contributed by atoms with E-state index < -0.39 is 11.6 Å². The zero-order chi connectivity index (χ0) is 24.5. The third-order valence-corrected chi connectivity index (χ3v) is 6.53. The number of rotatable bonds is 4. The van der Waals surface area contributed by atoms with Crippen LogP contribution in [0.15, 0.2) is 42.5 Å². The first kappa shape index (κ1) is 23.4. The average Bonchev–Trinajstić information content (AvgIpc) is 2.86. The van der Waals surface area contributed by atoms with Gasteiger partial charge in [0.1, 0.15) is 5.75 Å². The summed E-state index contributed by atoms with van der Waals surface area (Å²) in [5.74, 6) is -1.22. The zero-order valence-electron chi connectivity index (χ0n) is 19.2. The van der Waals surface area contributed by atoms with Gasteiger partial charge in [0, 0.05) is 55.8 Å². The fourth-order valence-electron chi connectivity index (χ4n) is 4.20. The van der Waals surface area contributed by atoms with Crippen LogP contribution in [0, 0.1) is 11.6 Å². The van der Waals surface area contributed by atoms with Crippen molar-refractivity contribution in [3.8, 4) is 11.6 Å². The second-order valence-electron chi connectivity index (χ2n) is 8.71. The molecule has 2 aromatic carbocycles. The van der Waals surface area contributed by atoms with E-state index in [0.717, 1.165) is 44.0 Å². The van der Waals surface area contributed by atoms with Crippen molar-refractivity contribution in [2.24, 2.45) is 0 Å². The number of amides is 1. The molecular formula is C25H24ClF2N5O2. The second-order valence-corrected chi connectivity index (χ2v) is 9.14. The molecule has 7 nitrogen and oxygen atoms in total. The molecule has 2 aliphatic rings. The van der Waals surface area contributed by atoms with Gasteiger partial charge < -0.3 is 19.4 Å². The minimum atomic E-state index is -1.01. The van der Waals surface area contributed by atoms with Crippen LogP contribution in [0.3, 0.4) is 0 Å². The molecule has 0 spiro atoms. The van der Waals surface area contributed by atoms with Gasteiger partial charge in [-0.1, -0.05) is 11.6 Å². The van der Waals surface area contributed by atoms with Crippen molar-refractivity contribution in [3.05, 3.63) is 75.9 Å². The number of carbonyl (C=O) groups is 1. The maximum absolute atomic E-state index is 13.8. The highest BCUT2D eigenvalue weighted by Gasteiger charge is 2.29. The van der Waals surface area contributed by atoms with Crippen LogP contribution >= 0.6 is 11.6 Å². The summed E-state index contributed by atoms with van der Waals surface area (Å²) in [7, 11) is 2.06. The fraction of sp³-hybridized carbons (Fsp3) is 0.320. The topological polar surface area (TPSA) is 61.8 Å². The molecule has 35 heavy (non-hydrogen) atoms. The van der Waals surface area contributed by atoms with Crippen LogP contribution < -0.4 is 9.64 Å². The number of piperazine rings is 1. The van der Waals surface area contributed by atoms with Crippen molar-refractivity contribution in [1.29, 1.82) is 0 Å². The van der Waals surface area contributed by atoms with Gasteiger partial charge in [-0.15, -0.1) is 0 Å². The van der Waals surface area contributed by atoms with Crippen LogP contribution in [0.2, 0.25) is 5.02 Å². The Kier molecular flexibility index (Phi) is 6.53. The summed E-state index contributed by atoms with van der Waals surface area (Å²) < 4.78 is 33.3. The van der Waals surface area contributed by atoms with Crippen LogP contribution in [0.5, 0.6) is 11.6 Å². The second kappa shape index (κ2) is 9.75. The molecule has 10 heteroatoms. The van der Waals surface area contributed by atoms with Gasteiger partial charge in [-0.3, -0.25) is 4.79 Å². The van der Waals surface area contributed by atoms with Crippen molar-refractivity contribution in [2.45, 2.75) is 13.0 Å². The molecule has 1 saturated heterocycles. The van der Waals surface area contributed by atoms with E-state index >= 15 is 0 Å². The van der Waals surface area contributed by atoms with Gasteiger partial charge in [0.05, 0.1) is 17.8 Å². The maximum atomic E-state index is 13.8. The van der Waals surface area contributed by atoms with E-state index in [2.05, 4.69) is 21.8 Å². The first-order valence-electron chi connectivity index (χ1n) is 11.4. The van der Waals surface area contributed by atoms with Crippen molar-refractivity contribution in [2.75, 3.05) is 44.7 Å². The fourth-order valence-corrected chi connectivity index (χ4v) is 4.33. The predicted octanol–water partition coefficient (Wildman–Crippen LogP) is 4.15. The molecule has 0 radical (unpaired) electrons. The molecule has 1 fully saturated rings. The lowest BCUT2D eigenvalue weighted by atomic mass is 10.1. The Labute approximate surface area is 206 Å². The summed E-state index contributed by atoms with van der Waals surface area (Å²) in [6.07, 6.45) is 0.520. The minimum Gasteiger partial charge on any atom is -0.438 e. The Morgan fingerprint density at radius 3 is 2.43 bits per heavy atom. The zero-order valence-corrected chi connectivity index (χ0v) is 19.9. The Bertz CT molecular complexity index is 1250. The van der Waals surface area contributed by atoms with Crippen LogP contribution in [-0.2, 0) is 13.0 Å². The number of carbonyl (C=O) groups excluding carboxylic acids is 1. The molecule has 0 N–H and O–H groups in total. The molecule has 1 aromatic heterocycles. The van der Waals surface area contributed by atoms with E-state index in [0.29, 0.717) is 35.1 Å². The van der Waals surface area contributed by atoms with Gasteiger partial charge in [-0.2, -0.15) is 4.98 Å². The first-order valence-corrected chi connectivity index (χ1v) is 11.8. The van der Waals surface area contributed by atoms with Gasteiger partial charge in [0.15, 0.2) is 11.6 Å². The van der Waals surface area contributed by atoms with Gasteiger partial charge >= 0.3 is 0 Å². The standard InChI is InChI=1S/C25H24ClF2N5O2/c1-31-10-12-32(13-11-31)25-29-22-8-9-33(24(34)16-2-4-17(26)5-3-16)15-19(22)23(30-25)35-18-6-7-20(27)21(28)14-18/h2-7,14H,8-13,15H2,1H3. The average molecular weight is 500 g/mol. The van der Waals surface area contributed by atoms with Gasteiger partial charge in [-0.05, 0) is 43.4 Å². The predicted molar refractivity (Wildman–Crippen MR) is 128 cm³/mol. The number of anilines is 1. The minimum absolute atomic E-state index is 0.121. The summed E-state index contributed by atoms with van der Waals surface area (Å²) in [5.41, 5.74) is 1.96. The monoisotopic (exact) mass is 499 g/mol. The number of likely N-dealkylation sites (N-methyl/N-ethyl adjacent to an activating group) is 1.